The summed E-state index contributed by atoms with van der Waals surface area (Å²) >= 11 is 0. The Bertz CT molecular complexity index is 547. The Hall–Kier alpha value is -1.85. The number of nitrogens with zero attached hydrogens (tertiary/aromatic N) is 3. The van der Waals surface area contributed by atoms with Gasteiger partial charge in [0, 0.05) is 30.8 Å². The van der Waals surface area contributed by atoms with E-state index < -0.39 is 11.9 Å². The van der Waals surface area contributed by atoms with Crippen LogP contribution in [-0.4, -0.2) is 37.7 Å². The molecule has 0 aromatic carbocycles. The van der Waals surface area contributed by atoms with Gasteiger partial charge in [0.25, 0.3) is 0 Å². The molecule has 2 unspecified atom stereocenters. The molecule has 1 saturated heterocycles. The van der Waals surface area contributed by atoms with E-state index in [1.807, 2.05) is 14.0 Å². The van der Waals surface area contributed by atoms with E-state index in [0.29, 0.717) is 0 Å². The van der Waals surface area contributed by atoms with Crippen LogP contribution in [0.3, 0.4) is 0 Å². The molecular formula is C13H17N3O3. The standard InChI is InChI=1S/C13H17N3O3/c1-7-10(6-14-15(7)2)12-9(13(18)19)5-11(17)16(12)8-3-4-8/h6,8-9,12H,3-5H2,1-2H3,(H,18,19). The lowest BCUT2D eigenvalue weighted by Crippen LogP contribution is -2.32. The minimum Gasteiger partial charge on any atom is -0.481 e. The van der Waals surface area contributed by atoms with Crippen molar-refractivity contribution in [1.29, 1.82) is 0 Å². The highest BCUT2D eigenvalue weighted by atomic mass is 16.4. The normalized spacial score (nSPS) is 27.1. The maximum absolute atomic E-state index is 12.1. The van der Waals surface area contributed by atoms with E-state index in [-0.39, 0.29) is 24.4 Å². The lowest BCUT2D eigenvalue weighted by Gasteiger charge is -2.26. The zero-order valence-electron chi connectivity index (χ0n) is 11.0. The highest BCUT2D eigenvalue weighted by Gasteiger charge is 2.50. The molecule has 102 valence electrons. The topological polar surface area (TPSA) is 75.4 Å². The zero-order valence-corrected chi connectivity index (χ0v) is 11.0. The monoisotopic (exact) mass is 263 g/mol. The molecule has 1 amide bonds. The van der Waals surface area contributed by atoms with Crippen LogP contribution >= 0.6 is 0 Å². The Morgan fingerprint density at radius 2 is 2.16 bits per heavy atom. The van der Waals surface area contributed by atoms with Gasteiger partial charge in [-0.15, -0.1) is 0 Å². The smallest absolute Gasteiger partial charge is 0.309 e. The van der Waals surface area contributed by atoms with Crippen molar-refractivity contribution in [2.45, 2.75) is 38.3 Å². The van der Waals surface area contributed by atoms with Gasteiger partial charge >= 0.3 is 5.97 Å². The Morgan fingerprint density at radius 1 is 1.47 bits per heavy atom. The number of carboxylic acids is 1. The number of likely N-dealkylation sites (tertiary alicyclic amines) is 1. The van der Waals surface area contributed by atoms with Crippen molar-refractivity contribution < 1.29 is 14.7 Å². The van der Waals surface area contributed by atoms with Crippen molar-refractivity contribution in [2.24, 2.45) is 13.0 Å². The summed E-state index contributed by atoms with van der Waals surface area (Å²) in [4.78, 5) is 25.3. The molecule has 0 spiro atoms. The number of carboxylic acid groups (broad SMARTS) is 1. The van der Waals surface area contributed by atoms with Gasteiger partial charge in [0.2, 0.25) is 5.91 Å². The predicted octanol–water partition coefficient (Wildman–Crippen LogP) is 0.865. The Kier molecular flexibility index (Phi) is 2.62. The quantitative estimate of drug-likeness (QED) is 0.877. The first-order chi connectivity index (χ1) is 9.00. The lowest BCUT2D eigenvalue weighted by molar-refractivity contribution is -0.142. The van der Waals surface area contributed by atoms with Crippen molar-refractivity contribution >= 4 is 11.9 Å². The number of carbonyl (C=O) groups excluding carboxylic acids is 1. The minimum atomic E-state index is -0.898. The highest BCUT2D eigenvalue weighted by molar-refractivity contribution is 5.87. The van der Waals surface area contributed by atoms with E-state index >= 15 is 0 Å². The first-order valence-electron chi connectivity index (χ1n) is 6.53. The summed E-state index contributed by atoms with van der Waals surface area (Å²) in [6.45, 7) is 1.91. The van der Waals surface area contributed by atoms with E-state index in [1.165, 1.54) is 0 Å². The van der Waals surface area contributed by atoms with Crippen molar-refractivity contribution in [1.82, 2.24) is 14.7 Å². The number of carbonyl (C=O) groups is 2. The van der Waals surface area contributed by atoms with Crippen LogP contribution in [0.2, 0.25) is 0 Å². The van der Waals surface area contributed by atoms with Gasteiger partial charge in [0.05, 0.1) is 18.2 Å². The number of aromatic nitrogens is 2. The van der Waals surface area contributed by atoms with Crippen LogP contribution in [0.25, 0.3) is 0 Å². The fourth-order valence-electron chi connectivity index (χ4n) is 2.93. The molecule has 2 fully saturated rings. The van der Waals surface area contributed by atoms with E-state index in [9.17, 15) is 14.7 Å². The van der Waals surface area contributed by atoms with Crippen molar-refractivity contribution in [3.05, 3.63) is 17.5 Å². The second-order valence-electron chi connectivity index (χ2n) is 5.43. The number of rotatable bonds is 3. The van der Waals surface area contributed by atoms with Crippen LogP contribution in [0.4, 0.5) is 0 Å². The molecule has 2 heterocycles. The predicted molar refractivity (Wildman–Crippen MR) is 66.3 cm³/mol. The molecule has 1 saturated carbocycles. The summed E-state index contributed by atoms with van der Waals surface area (Å²) in [5, 5.41) is 13.6. The van der Waals surface area contributed by atoms with Crippen LogP contribution in [0.15, 0.2) is 6.20 Å². The molecule has 1 aromatic heterocycles. The summed E-state index contributed by atoms with van der Waals surface area (Å²) in [5.74, 6) is -1.59. The molecule has 0 radical (unpaired) electrons. The molecule has 1 aliphatic heterocycles. The molecule has 6 heteroatoms. The number of hydrogen-bond acceptors (Lipinski definition) is 3. The van der Waals surface area contributed by atoms with Crippen LogP contribution in [-0.2, 0) is 16.6 Å². The summed E-state index contributed by atoms with van der Waals surface area (Å²) < 4.78 is 1.72. The number of aliphatic carboxylic acids is 1. The maximum atomic E-state index is 12.1. The minimum absolute atomic E-state index is 0.0387. The average Bonchev–Trinajstić information content (AvgIpc) is 3.06. The molecule has 19 heavy (non-hydrogen) atoms. The SMILES string of the molecule is Cc1c(C2C(C(=O)O)CC(=O)N2C2CC2)cnn1C. The van der Waals surface area contributed by atoms with Gasteiger partial charge in [-0.1, -0.05) is 0 Å². The zero-order chi connectivity index (χ0) is 13.7. The molecule has 3 rings (SSSR count). The van der Waals surface area contributed by atoms with Gasteiger partial charge in [-0.25, -0.2) is 0 Å². The maximum Gasteiger partial charge on any atom is 0.309 e. The Labute approximate surface area is 111 Å². The van der Waals surface area contributed by atoms with Crippen molar-refractivity contribution in [3.8, 4) is 0 Å². The van der Waals surface area contributed by atoms with Crippen LogP contribution in [0.5, 0.6) is 0 Å². The highest BCUT2D eigenvalue weighted by Crippen LogP contribution is 2.45. The van der Waals surface area contributed by atoms with Gasteiger partial charge in [0.1, 0.15) is 0 Å². The van der Waals surface area contributed by atoms with Crippen molar-refractivity contribution in [3.63, 3.8) is 0 Å². The van der Waals surface area contributed by atoms with E-state index in [1.54, 1.807) is 15.8 Å². The fourth-order valence-corrected chi connectivity index (χ4v) is 2.93. The Balaban J connectivity index is 2.04. The number of aryl methyl sites for hydroxylation is 1. The first-order valence-corrected chi connectivity index (χ1v) is 6.53. The molecule has 1 N–H and O–H groups in total. The molecule has 1 aliphatic carbocycles. The molecule has 2 atom stereocenters. The molecule has 0 bridgehead atoms. The van der Waals surface area contributed by atoms with E-state index in [2.05, 4.69) is 5.10 Å². The van der Waals surface area contributed by atoms with Crippen LogP contribution in [0, 0.1) is 12.8 Å². The van der Waals surface area contributed by atoms with Gasteiger partial charge in [-0.2, -0.15) is 5.10 Å². The number of amides is 1. The second kappa shape index (κ2) is 4.08. The molecule has 2 aliphatic rings. The third kappa shape index (κ3) is 1.82. The van der Waals surface area contributed by atoms with Gasteiger partial charge in [-0.3, -0.25) is 14.3 Å². The summed E-state index contributed by atoms with van der Waals surface area (Å²) in [7, 11) is 1.83. The second-order valence-corrected chi connectivity index (χ2v) is 5.43. The van der Waals surface area contributed by atoms with Gasteiger partial charge in [0.15, 0.2) is 0 Å². The fraction of sp³-hybridized carbons (Fsp3) is 0.615. The van der Waals surface area contributed by atoms with Crippen molar-refractivity contribution in [2.75, 3.05) is 0 Å². The average molecular weight is 263 g/mol. The summed E-state index contributed by atoms with van der Waals surface area (Å²) in [5.41, 5.74) is 1.80. The lowest BCUT2D eigenvalue weighted by atomic mass is 9.94. The van der Waals surface area contributed by atoms with Crippen LogP contribution in [0.1, 0.15) is 36.6 Å². The molecule has 1 aromatic rings. The van der Waals surface area contributed by atoms with E-state index in [4.69, 9.17) is 0 Å². The summed E-state index contributed by atoms with van der Waals surface area (Å²) in [6, 6.07) is -0.132. The Morgan fingerprint density at radius 3 is 2.63 bits per heavy atom. The molecular weight excluding hydrogens is 246 g/mol. The third-order valence-corrected chi connectivity index (χ3v) is 4.21. The first kappa shape index (κ1) is 12.2. The molecule has 6 nitrogen and oxygen atoms in total. The largest absolute Gasteiger partial charge is 0.481 e. The summed E-state index contributed by atoms with van der Waals surface area (Å²) in [6.07, 6.45) is 3.76. The number of hydrogen-bond donors (Lipinski definition) is 1. The third-order valence-electron chi connectivity index (χ3n) is 4.21. The van der Waals surface area contributed by atoms with Crippen LogP contribution < -0.4 is 0 Å². The van der Waals surface area contributed by atoms with Gasteiger partial charge in [-0.05, 0) is 19.8 Å². The van der Waals surface area contributed by atoms with E-state index in [0.717, 1.165) is 24.1 Å². The van der Waals surface area contributed by atoms with Gasteiger partial charge < -0.3 is 10.0 Å².